The highest BCUT2D eigenvalue weighted by Crippen LogP contribution is 2.39. The van der Waals surface area contributed by atoms with Crippen LogP contribution in [0.5, 0.6) is 11.5 Å². The Labute approximate surface area is 210 Å². The molecule has 1 N–H and O–H groups in total. The van der Waals surface area contributed by atoms with Crippen molar-refractivity contribution >= 4 is 55.3 Å². The van der Waals surface area contributed by atoms with Gasteiger partial charge >= 0.3 is 10.1 Å². The van der Waals surface area contributed by atoms with E-state index >= 15 is 0 Å². The standard InChI is InChI=1S/C24H18BrClN2O5S/c1-2-32-22-14-16(12-17(15-27)24(29)28-21-11-7-6-10-20(21)26)13-19(25)23(22)33-34(30,31)18-8-4-3-5-9-18/h3-14H,2H2,1H3,(H,28,29)/b17-12+. The lowest BCUT2D eigenvalue weighted by molar-refractivity contribution is -0.112. The van der Waals surface area contributed by atoms with Gasteiger partial charge in [-0.15, -0.1) is 0 Å². The summed E-state index contributed by atoms with van der Waals surface area (Å²) < 4.78 is 36.6. The molecule has 0 radical (unpaired) electrons. The van der Waals surface area contributed by atoms with Gasteiger partial charge in [-0.2, -0.15) is 13.7 Å². The first-order chi connectivity index (χ1) is 16.2. The van der Waals surface area contributed by atoms with Crippen molar-refractivity contribution in [3.8, 4) is 17.6 Å². The van der Waals surface area contributed by atoms with Gasteiger partial charge in [0.1, 0.15) is 16.5 Å². The van der Waals surface area contributed by atoms with Crippen molar-refractivity contribution in [2.24, 2.45) is 0 Å². The number of benzene rings is 3. The summed E-state index contributed by atoms with van der Waals surface area (Å²) in [5, 5.41) is 12.4. The van der Waals surface area contributed by atoms with Gasteiger partial charge in [0.25, 0.3) is 5.91 Å². The van der Waals surface area contributed by atoms with E-state index in [1.165, 1.54) is 30.3 Å². The number of hydrogen-bond donors (Lipinski definition) is 1. The first kappa shape index (κ1) is 25.3. The lowest BCUT2D eigenvalue weighted by Crippen LogP contribution is -2.13. The van der Waals surface area contributed by atoms with E-state index in [0.29, 0.717) is 16.3 Å². The number of para-hydroxylation sites is 1. The highest BCUT2D eigenvalue weighted by Gasteiger charge is 2.22. The second-order valence-corrected chi connectivity index (χ2v) is 9.53. The van der Waals surface area contributed by atoms with Crippen LogP contribution in [-0.2, 0) is 14.9 Å². The Balaban J connectivity index is 1.95. The third-order valence-electron chi connectivity index (χ3n) is 4.35. The lowest BCUT2D eigenvalue weighted by atomic mass is 10.1. The Hall–Kier alpha value is -3.32. The topological polar surface area (TPSA) is 105 Å². The smallest absolute Gasteiger partial charge is 0.339 e. The predicted molar refractivity (Wildman–Crippen MR) is 133 cm³/mol. The maximum absolute atomic E-state index is 12.7. The van der Waals surface area contributed by atoms with Crippen LogP contribution in [-0.4, -0.2) is 20.9 Å². The van der Waals surface area contributed by atoms with E-state index < -0.39 is 16.0 Å². The SMILES string of the molecule is CCOc1cc(/C=C(\C#N)C(=O)Nc2ccccc2Cl)cc(Br)c1OS(=O)(=O)c1ccccc1. The molecule has 1 amide bonds. The van der Waals surface area contributed by atoms with Crippen LogP contribution in [0.4, 0.5) is 5.69 Å². The monoisotopic (exact) mass is 560 g/mol. The minimum atomic E-state index is -4.12. The third kappa shape index (κ3) is 6.17. The van der Waals surface area contributed by atoms with E-state index in [1.54, 1.807) is 49.4 Å². The van der Waals surface area contributed by atoms with Crippen LogP contribution in [0.1, 0.15) is 12.5 Å². The Kier molecular flexibility index (Phi) is 8.34. The molecule has 3 aromatic rings. The number of rotatable bonds is 8. The molecule has 10 heteroatoms. The Morgan fingerprint density at radius 2 is 1.82 bits per heavy atom. The lowest BCUT2D eigenvalue weighted by Gasteiger charge is -2.14. The normalized spacial score (nSPS) is 11.4. The number of halogens is 2. The zero-order valence-corrected chi connectivity index (χ0v) is 20.9. The summed E-state index contributed by atoms with van der Waals surface area (Å²) in [4.78, 5) is 12.6. The van der Waals surface area contributed by atoms with Crippen LogP contribution < -0.4 is 14.2 Å². The van der Waals surface area contributed by atoms with Gasteiger partial charge in [-0.05, 0) is 70.9 Å². The summed E-state index contributed by atoms with van der Waals surface area (Å²) in [6, 6.07) is 19.2. The number of amides is 1. The van der Waals surface area contributed by atoms with E-state index in [1.807, 2.05) is 6.07 Å². The summed E-state index contributed by atoms with van der Waals surface area (Å²) in [6.07, 6.45) is 1.34. The molecule has 0 heterocycles. The van der Waals surface area contributed by atoms with Gasteiger partial charge in [0, 0.05) is 0 Å². The highest BCUT2D eigenvalue weighted by molar-refractivity contribution is 9.10. The Morgan fingerprint density at radius 3 is 2.47 bits per heavy atom. The molecule has 3 rings (SSSR count). The molecule has 0 aliphatic heterocycles. The number of anilines is 1. The number of carbonyl (C=O) groups excluding carboxylic acids is 1. The molecule has 0 bridgehead atoms. The molecule has 3 aromatic carbocycles. The van der Waals surface area contributed by atoms with Crippen molar-refractivity contribution in [2.45, 2.75) is 11.8 Å². The fourth-order valence-corrected chi connectivity index (χ4v) is 4.64. The van der Waals surface area contributed by atoms with Crippen LogP contribution in [0, 0.1) is 11.3 Å². The van der Waals surface area contributed by atoms with Gasteiger partial charge in [0.2, 0.25) is 0 Å². The van der Waals surface area contributed by atoms with Gasteiger partial charge in [-0.1, -0.05) is 41.9 Å². The summed E-state index contributed by atoms with van der Waals surface area (Å²) in [6.45, 7) is 1.95. The van der Waals surface area contributed by atoms with Crippen LogP contribution in [0.15, 0.2) is 81.7 Å². The second kappa shape index (κ2) is 11.2. The molecule has 0 spiro atoms. The van der Waals surface area contributed by atoms with Crippen molar-refractivity contribution in [3.05, 3.63) is 87.4 Å². The molecule has 0 unspecified atom stereocenters. The summed E-state index contributed by atoms with van der Waals surface area (Å²) in [7, 11) is -4.12. The molecule has 0 atom stereocenters. The minimum absolute atomic E-state index is 0.0173. The van der Waals surface area contributed by atoms with Gasteiger partial charge in [0.15, 0.2) is 11.5 Å². The highest BCUT2D eigenvalue weighted by atomic mass is 79.9. The van der Waals surface area contributed by atoms with Crippen molar-refractivity contribution in [3.63, 3.8) is 0 Å². The molecule has 174 valence electrons. The summed E-state index contributed by atoms with van der Waals surface area (Å²) >= 11 is 9.37. The first-order valence-corrected chi connectivity index (χ1v) is 12.5. The quantitative estimate of drug-likeness (QED) is 0.211. The minimum Gasteiger partial charge on any atom is -0.490 e. The number of nitriles is 1. The van der Waals surface area contributed by atoms with Gasteiger partial charge < -0.3 is 14.2 Å². The van der Waals surface area contributed by atoms with Crippen LogP contribution >= 0.6 is 27.5 Å². The molecule has 0 aliphatic rings. The van der Waals surface area contributed by atoms with Crippen LogP contribution in [0.25, 0.3) is 6.08 Å². The molecule has 0 aromatic heterocycles. The second-order valence-electron chi connectivity index (χ2n) is 6.72. The van der Waals surface area contributed by atoms with Crippen molar-refractivity contribution < 1.29 is 22.1 Å². The zero-order chi connectivity index (χ0) is 24.7. The maximum Gasteiger partial charge on any atom is 0.339 e. The fourth-order valence-electron chi connectivity index (χ4n) is 2.83. The molecule has 0 saturated heterocycles. The van der Waals surface area contributed by atoms with Gasteiger partial charge in [0.05, 0.1) is 21.8 Å². The van der Waals surface area contributed by atoms with E-state index in [9.17, 15) is 18.5 Å². The molecular formula is C24H18BrClN2O5S. The molecule has 0 fully saturated rings. The molecule has 7 nitrogen and oxygen atoms in total. The Morgan fingerprint density at radius 1 is 1.15 bits per heavy atom. The van der Waals surface area contributed by atoms with Crippen molar-refractivity contribution in [1.82, 2.24) is 0 Å². The van der Waals surface area contributed by atoms with Crippen LogP contribution in [0.3, 0.4) is 0 Å². The number of hydrogen-bond acceptors (Lipinski definition) is 6. The Bertz CT molecular complexity index is 1390. The van der Waals surface area contributed by atoms with E-state index in [2.05, 4.69) is 21.2 Å². The van der Waals surface area contributed by atoms with E-state index in [0.717, 1.165) is 0 Å². The van der Waals surface area contributed by atoms with Gasteiger partial charge in [-0.25, -0.2) is 0 Å². The summed E-state index contributed by atoms with van der Waals surface area (Å²) in [5.41, 5.74) is 0.576. The maximum atomic E-state index is 12.7. The largest absolute Gasteiger partial charge is 0.490 e. The number of carbonyl (C=O) groups is 1. The first-order valence-electron chi connectivity index (χ1n) is 9.88. The average Bonchev–Trinajstić information content (AvgIpc) is 2.82. The average molecular weight is 562 g/mol. The van der Waals surface area contributed by atoms with Crippen molar-refractivity contribution in [2.75, 3.05) is 11.9 Å². The molecule has 0 saturated carbocycles. The van der Waals surface area contributed by atoms with Crippen molar-refractivity contribution in [1.29, 1.82) is 5.26 Å². The number of ether oxygens (including phenoxy) is 1. The van der Waals surface area contributed by atoms with Gasteiger partial charge in [-0.3, -0.25) is 4.79 Å². The molecule has 0 aliphatic carbocycles. The van der Waals surface area contributed by atoms with E-state index in [-0.39, 0.29) is 33.0 Å². The van der Waals surface area contributed by atoms with Crippen LogP contribution in [0.2, 0.25) is 5.02 Å². The zero-order valence-electron chi connectivity index (χ0n) is 17.8. The van der Waals surface area contributed by atoms with E-state index in [4.69, 9.17) is 20.5 Å². The number of nitrogens with one attached hydrogen (secondary N) is 1. The number of nitrogens with zero attached hydrogens (tertiary/aromatic N) is 1. The molecular weight excluding hydrogens is 544 g/mol. The molecule has 34 heavy (non-hydrogen) atoms. The predicted octanol–water partition coefficient (Wildman–Crippen LogP) is 5.81. The summed E-state index contributed by atoms with van der Waals surface area (Å²) in [5.74, 6) is -0.593. The third-order valence-corrected chi connectivity index (χ3v) is 6.51. The fraction of sp³-hybridized carbons (Fsp3) is 0.0833.